The van der Waals surface area contributed by atoms with E-state index in [9.17, 15) is 4.79 Å². The minimum absolute atomic E-state index is 0. The van der Waals surface area contributed by atoms with Gasteiger partial charge in [0.2, 0.25) is 0 Å². The third kappa shape index (κ3) is 5.22. The fourth-order valence-corrected chi connectivity index (χ4v) is 12.6. The normalized spacial score (nSPS) is 13.0. The first-order chi connectivity index (χ1) is 30.9. The van der Waals surface area contributed by atoms with Crippen molar-refractivity contribution < 1.29 is 30.0 Å². The van der Waals surface area contributed by atoms with Crippen LogP contribution < -0.4 is 26.3 Å². The Morgan fingerprint density at radius 3 is 1.92 bits per heavy atom. The zero-order valence-corrected chi connectivity index (χ0v) is 37.5. The molecule has 0 spiro atoms. The van der Waals surface area contributed by atoms with E-state index in [4.69, 9.17) is 4.42 Å². The second-order valence-corrected chi connectivity index (χ2v) is 20.8. The molecule has 0 amide bonds. The summed E-state index contributed by atoms with van der Waals surface area (Å²) >= 11 is 0. The second-order valence-electron chi connectivity index (χ2n) is 16.4. The molecule has 0 saturated heterocycles. The van der Waals surface area contributed by atoms with Crippen LogP contribution in [0.4, 0.5) is 0 Å². The molecule has 13 rings (SSSR count). The summed E-state index contributed by atoms with van der Waals surface area (Å²) in [6.07, 6.45) is 5.42. The minimum atomic E-state index is -2.47. The van der Waals surface area contributed by atoms with E-state index in [1.807, 2.05) is 121 Å². The molecule has 1 aliphatic rings. The number of rotatable bonds is 5. The number of benzene rings is 7. The van der Waals surface area contributed by atoms with Crippen molar-refractivity contribution in [1.29, 1.82) is 0 Å². The Hall–Kier alpha value is -7.59. The van der Waals surface area contributed by atoms with Crippen molar-refractivity contribution in [3.8, 4) is 34.3 Å². The van der Waals surface area contributed by atoms with Crippen molar-refractivity contribution in [1.82, 2.24) is 27.8 Å². The van der Waals surface area contributed by atoms with Gasteiger partial charge in [-0.05, 0) is 88.4 Å². The summed E-state index contributed by atoms with van der Waals surface area (Å²) in [6.45, 7) is 4.72. The van der Waals surface area contributed by atoms with Crippen molar-refractivity contribution >= 4 is 73.5 Å². The molecular weight excluding hydrogens is 994 g/mol. The van der Waals surface area contributed by atoms with Crippen molar-refractivity contribution in [2.24, 2.45) is 0 Å². The number of para-hydroxylation sites is 4. The number of aromatic nitrogens is 7. The van der Waals surface area contributed by atoms with Crippen LogP contribution in [0.2, 0.25) is 13.1 Å². The van der Waals surface area contributed by atoms with Gasteiger partial charge in [0.15, 0.2) is 0 Å². The molecule has 64 heavy (non-hydrogen) atoms. The standard InChI is InChI=1S/C52H33N7O3Si.Pt/c1-63(2)45-26-25-36(28-42(45)55-32-54(33-16-6-3-7-17-33)50-48-37-22-12-13-23-43(37)62-44(48)31-46(63)49(50)55)58-39-30-41-40(29-38(39)56(51(58)60)34-18-8-4-9-19-34)57(35-20-10-5-11-21-35)52(61)59(41)47-24-14-15-27-53-47;/h3-27,29,31H,1-2H3;/q-2;. The van der Waals surface area contributed by atoms with Crippen LogP contribution in [0, 0.1) is 18.5 Å². The first-order valence-electron chi connectivity index (χ1n) is 20.7. The quantitative estimate of drug-likeness (QED) is 0.0997. The van der Waals surface area contributed by atoms with Gasteiger partial charge in [-0.15, -0.1) is 23.4 Å². The Labute approximate surface area is 380 Å². The average molecular weight is 1030 g/mol. The minimum Gasteiger partial charge on any atom is -0.457 e. The van der Waals surface area contributed by atoms with E-state index in [0.717, 1.165) is 49.5 Å². The van der Waals surface area contributed by atoms with Crippen LogP contribution in [0.5, 0.6) is 0 Å². The molecule has 12 aromatic rings. The van der Waals surface area contributed by atoms with Gasteiger partial charge in [0.25, 0.3) is 6.33 Å². The van der Waals surface area contributed by atoms with Gasteiger partial charge < -0.3 is 22.7 Å². The number of imidazole rings is 3. The van der Waals surface area contributed by atoms with Gasteiger partial charge in [-0.1, -0.05) is 103 Å². The van der Waals surface area contributed by atoms with Crippen molar-refractivity contribution in [2.75, 3.05) is 0 Å². The monoisotopic (exact) mass is 1030 g/mol. The molecule has 1 aliphatic heterocycles. The van der Waals surface area contributed by atoms with Gasteiger partial charge in [0.05, 0.1) is 16.7 Å². The molecule has 0 radical (unpaired) electrons. The van der Waals surface area contributed by atoms with E-state index >= 15 is 4.79 Å². The largest absolute Gasteiger partial charge is 0.457 e. The first kappa shape index (κ1) is 38.1. The van der Waals surface area contributed by atoms with E-state index in [0.29, 0.717) is 44.9 Å². The summed E-state index contributed by atoms with van der Waals surface area (Å²) in [5.74, 6) is 0.443. The molecule has 0 aliphatic carbocycles. The summed E-state index contributed by atoms with van der Waals surface area (Å²) in [7, 11) is -2.47. The van der Waals surface area contributed by atoms with E-state index in [2.05, 4.69) is 76.0 Å². The second kappa shape index (κ2) is 14.0. The molecule has 310 valence electrons. The van der Waals surface area contributed by atoms with E-state index in [1.54, 1.807) is 30.5 Å². The number of fused-ring (bicyclic) bond motifs is 8. The molecule has 0 fully saturated rings. The number of nitrogens with zero attached hydrogens (tertiary/aromatic N) is 7. The van der Waals surface area contributed by atoms with Crippen molar-refractivity contribution in [2.45, 2.75) is 13.1 Å². The van der Waals surface area contributed by atoms with Crippen molar-refractivity contribution in [3.63, 3.8) is 0 Å². The molecule has 0 saturated carbocycles. The topological polar surface area (TPSA) is 88.7 Å². The maximum atomic E-state index is 15.3. The molecule has 0 atom stereocenters. The Balaban J connectivity index is 0.00000433. The fraction of sp³-hybridized carbons (Fsp3) is 0.0385. The third-order valence-electron chi connectivity index (χ3n) is 12.6. The number of hydrogen-bond acceptors (Lipinski definition) is 4. The van der Waals surface area contributed by atoms with E-state index in [-0.39, 0.29) is 32.4 Å². The van der Waals surface area contributed by atoms with Gasteiger partial charge in [-0.25, -0.2) is 14.6 Å². The summed E-state index contributed by atoms with van der Waals surface area (Å²) < 4.78 is 17.4. The molecule has 10 nitrogen and oxygen atoms in total. The van der Waals surface area contributed by atoms with Crippen molar-refractivity contribution in [3.05, 3.63) is 203 Å². The van der Waals surface area contributed by atoms with Gasteiger partial charge in [-0.3, -0.25) is 9.13 Å². The zero-order valence-electron chi connectivity index (χ0n) is 34.3. The smallest absolute Gasteiger partial charge is 0.326 e. The van der Waals surface area contributed by atoms with Crippen LogP contribution in [-0.4, -0.2) is 35.9 Å². The molecule has 0 N–H and O–H groups in total. The number of hydrogen-bond donors (Lipinski definition) is 0. The summed E-state index contributed by atoms with van der Waals surface area (Å²) in [5.41, 5.74) is 8.95. The molecule has 12 heteroatoms. The van der Waals surface area contributed by atoms with E-state index < -0.39 is 8.07 Å². The van der Waals surface area contributed by atoms with Gasteiger partial charge in [0.1, 0.15) is 17.0 Å². The maximum absolute atomic E-state index is 15.3. The third-order valence-corrected chi connectivity index (χ3v) is 16.1. The molecule has 0 bridgehead atoms. The Bertz CT molecular complexity index is 3980. The Morgan fingerprint density at radius 1 is 0.609 bits per heavy atom. The average Bonchev–Trinajstić information content (AvgIpc) is 4.05. The van der Waals surface area contributed by atoms with Gasteiger partial charge in [0, 0.05) is 57.5 Å². The zero-order chi connectivity index (χ0) is 42.1. The Kier molecular flexibility index (Phi) is 8.31. The predicted molar refractivity (Wildman–Crippen MR) is 248 cm³/mol. The molecule has 6 heterocycles. The van der Waals surface area contributed by atoms with Crippen LogP contribution in [0.3, 0.4) is 0 Å². The summed E-state index contributed by atoms with van der Waals surface area (Å²) in [6, 6.07) is 58.7. The van der Waals surface area contributed by atoms with Crippen LogP contribution in [-0.2, 0) is 21.1 Å². The number of pyridine rings is 1. The summed E-state index contributed by atoms with van der Waals surface area (Å²) in [5, 5.41) is 4.44. The first-order valence-corrected chi connectivity index (χ1v) is 23.7. The fourth-order valence-electron chi connectivity index (χ4n) is 9.69. The van der Waals surface area contributed by atoms with Gasteiger partial charge >= 0.3 is 11.4 Å². The maximum Gasteiger partial charge on any atom is 0.326 e. The van der Waals surface area contributed by atoms with E-state index in [1.165, 1.54) is 5.19 Å². The van der Waals surface area contributed by atoms with Crippen LogP contribution in [0.1, 0.15) is 0 Å². The molecule has 7 aromatic carbocycles. The summed E-state index contributed by atoms with van der Waals surface area (Å²) in [4.78, 5) is 34.4. The number of furan rings is 1. The SMILES string of the molecule is C[Si]1(C)c2ccc(-n3c(=O)n(-c4ccccc4)c4cc5c([c-]c43)n(-c3ccccn3)c(=O)n5-c3ccccc3)[c-]c2-n2[c-][n+](-c3ccccc3)c3c4c(cc1c32)oc1ccccc14.[Pt]. The van der Waals surface area contributed by atoms with Crippen LogP contribution in [0.25, 0.3) is 89.3 Å². The molecule has 5 aromatic heterocycles. The Morgan fingerprint density at radius 2 is 1.23 bits per heavy atom. The van der Waals surface area contributed by atoms with Crippen LogP contribution in [0.15, 0.2) is 178 Å². The van der Waals surface area contributed by atoms with Crippen LogP contribution >= 0.6 is 0 Å². The molecular formula is C52H33N7O3PtSi-2. The predicted octanol–water partition coefficient (Wildman–Crippen LogP) is 7.93. The van der Waals surface area contributed by atoms with Gasteiger partial charge in [-0.2, -0.15) is 12.1 Å². The molecule has 0 unspecified atom stereocenters.